The van der Waals surface area contributed by atoms with E-state index in [-0.39, 0.29) is 89.5 Å². The summed E-state index contributed by atoms with van der Waals surface area (Å²) in [7, 11) is 16.3. The number of hydrogen-bond acceptors (Lipinski definition) is 3. The van der Waals surface area contributed by atoms with Gasteiger partial charge in [-0.15, -0.1) is 4.68 Å². The van der Waals surface area contributed by atoms with E-state index in [9.17, 15) is 0 Å². The fraction of sp³-hybridized carbons (Fsp3) is 0.591. The van der Waals surface area contributed by atoms with E-state index in [1.165, 1.54) is 81.4 Å². The molecule has 598 valence electrons. The van der Waals surface area contributed by atoms with Crippen LogP contribution in [0.2, 0.25) is 0 Å². The predicted molar refractivity (Wildman–Crippen MR) is 459 cm³/mol. The van der Waals surface area contributed by atoms with E-state index >= 15 is 0 Å². The summed E-state index contributed by atoms with van der Waals surface area (Å²) in [4.78, 5) is 8.50. The van der Waals surface area contributed by atoms with Gasteiger partial charge in [-0.3, -0.25) is 4.68 Å². The first kappa shape index (κ1) is 101. The smallest absolute Gasteiger partial charge is 0.554 e. The second-order valence-corrected chi connectivity index (χ2v) is 38.3. The number of aromatic nitrogens is 13. The molecule has 0 bridgehead atoms. The molecule has 0 aliphatic heterocycles. The maximum atomic E-state index is 5.22. The van der Waals surface area contributed by atoms with Crippen molar-refractivity contribution in [2.45, 2.75) is 287 Å². The third kappa shape index (κ3) is 30.5. The molecule has 1 aliphatic carbocycles. The van der Waals surface area contributed by atoms with Gasteiger partial charge in [0.2, 0.25) is 0 Å². The molecule has 0 N–H and O–H groups in total. The standard InChI is InChI=1S/C20H21N2.C10H16N.C10H20.C9H17N2.2C9H16N2.C8H14N2.C8H15N2.C8H14N.2CH4.U/c1-20(2,3)19-21(4)13-18-16-11-6-5-9-14(16)15-10-7-8-12-17(15)22(18)19;1-10(2,3)9-7-5-6-8-11(9)4;1-8-6-5-7-9(8)10(2,3)4;1-8-10(5)6-7-11(8)9(2,3)4;1-7-8(9(2,3)4)11(5)6-10-7;1-7-6-8(9(2,3)4)11(5)10-7;1-8(2,3)7-9-5-6-10(7)4;1-8(2,3)10-7-5-6-9(10)4;1-6-9(5)7-8(2,3)4;;;/h5-13H,1-4H3;5-8H,1-4H3;8-9H,5-7H2,1-4H3;6-7H,1-5H3;2*6H,1-5H3;5-6H,1-4H3;5-7H,1-4H3;1,6H,2-5H3;2*1H4;/q2*+1;;+1;;;;+1;-1;;;+2. The van der Waals surface area contributed by atoms with Gasteiger partial charge in [-0.05, 0) is 129 Å². The number of imidazole rings is 4. The number of fused-ring (bicyclic) bond motifs is 6. The van der Waals surface area contributed by atoms with Crippen LogP contribution in [0, 0.1) is 81.1 Å². The molecule has 8 heterocycles. The number of hydrogen-bond donors (Lipinski definition) is 0. The van der Waals surface area contributed by atoms with Crippen LogP contribution in [0.15, 0.2) is 141 Å². The summed E-state index contributed by atoms with van der Waals surface area (Å²) in [6.45, 7) is 73.6. The molecule has 2 aromatic carbocycles. The van der Waals surface area contributed by atoms with Crippen molar-refractivity contribution in [3.05, 3.63) is 193 Å². The quantitative estimate of drug-likeness (QED) is 0.0710. The summed E-state index contributed by atoms with van der Waals surface area (Å²) in [6, 6.07) is 27.9. The summed E-state index contributed by atoms with van der Waals surface area (Å²) in [5, 5.41) is 8.24. The van der Waals surface area contributed by atoms with Gasteiger partial charge in [-0.25, -0.2) is 28.2 Å². The Morgan fingerprint density at radius 2 is 1.09 bits per heavy atom. The van der Waals surface area contributed by atoms with Gasteiger partial charge >= 0.3 is 31.1 Å². The first-order valence-corrected chi connectivity index (χ1v) is 38.1. The Kier molecular flexibility index (Phi) is 38.5. The molecule has 11 rings (SSSR count). The van der Waals surface area contributed by atoms with Gasteiger partial charge in [-0.2, -0.15) is 20.4 Å². The largest absolute Gasteiger partial charge is 2.00 e. The van der Waals surface area contributed by atoms with Gasteiger partial charge < -0.3 is 20.3 Å². The Labute approximate surface area is 684 Å². The Hall–Kier alpha value is -6.69. The molecule has 1 fully saturated rings. The summed E-state index contributed by atoms with van der Waals surface area (Å²) in [5.74, 6) is 5.70. The number of rotatable bonds is 1. The van der Waals surface area contributed by atoms with Crippen LogP contribution in [-0.2, 0) is 87.5 Å². The number of nitrogens with zero attached hydrogens (tertiary/aromatic N) is 14. The summed E-state index contributed by atoms with van der Waals surface area (Å²) in [5.41, 5.74) is 10.7. The molecule has 0 spiro atoms. The zero-order valence-electron chi connectivity index (χ0n) is 74.4. The first-order valence-electron chi connectivity index (χ1n) is 38.1. The van der Waals surface area contributed by atoms with E-state index in [0.29, 0.717) is 5.41 Å². The van der Waals surface area contributed by atoms with Gasteiger partial charge in [0.1, 0.15) is 49.6 Å². The van der Waals surface area contributed by atoms with Crippen molar-refractivity contribution in [2.24, 2.45) is 72.0 Å². The topological polar surface area (TPSA) is 86.3 Å². The summed E-state index contributed by atoms with van der Waals surface area (Å²) < 4.78 is 23.4. The van der Waals surface area contributed by atoms with Crippen LogP contribution in [0.1, 0.15) is 274 Å². The molecule has 14 nitrogen and oxygen atoms in total. The fourth-order valence-corrected chi connectivity index (χ4v) is 14.4. The molecule has 10 aromatic rings. The normalized spacial score (nSPS) is 14.0. The Morgan fingerprint density at radius 1 is 0.556 bits per heavy atom. The third-order valence-corrected chi connectivity index (χ3v) is 18.6. The van der Waals surface area contributed by atoms with Gasteiger partial charge in [0.25, 0.3) is 11.6 Å². The van der Waals surface area contributed by atoms with Crippen LogP contribution < -0.4 is 18.4 Å². The predicted octanol–water partition coefficient (Wildman–Crippen LogP) is 20.7. The zero-order chi connectivity index (χ0) is 80.7. The van der Waals surface area contributed by atoms with E-state index in [0.717, 1.165) is 29.0 Å². The Balaban J connectivity index is 0.00000121. The number of pyridine rings is 2. The Morgan fingerprint density at radius 3 is 1.38 bits per heavy atom. The molecule has 1 saturated carbocycles. The minimum Gasteiger partial charge on any atom is -0.554 e. The molecular formula is C93H157N14U+5. The van der Waals surface area contributed by atoms with Crippen molar-refractivity contribution in [3.63, 3.8) is 0 Å². The number of benzene rings is 2. The van der Waals surface area contributed by atoms with Crippen LogP contribution in [0.5, 0.6) is 0 Å². The van der Waals surface area contributed by atoms with Gasteiger partial charge in [0.15, 0.2) is 30.7 Å². The molecule has 1 aliphatic rings. The zero-order valence-corrected chi connectivity index (χ0v) is 78.6. The van der Waals surface area contributed by atoms with Crippen molar-refractivity contribution in [3.8, 4) is 0 Å². The number of aryl methyl sites for hydroxylation is 9. The van der Waals surface area contributed by atoms with Crippen LogP contribution in [0.25, 0.3) is 27.2 Å². The van der Waals surface area contributed by atoms with E-state index in [1.807, 2.05) is 77.8 Å². The minimum atomic E-state index is 0. The molecule has 0 saturated heterocycles. The van der Waals surface area contributed by atoms with Crippen molar-refractivity contribution in [1.82, 2.24) is 42.5 Å². The summed E-state index contributed by atoms with van der Waals surface area (Å²) >= 11 is 0. The van der Waals surface area contributed by atoms with Gasteiger partial charge in [-0.1, -0.05) is 202 Å². The van der Waals surface area contributed by atoms with Crippen LogP contribution >= 0.6 is 0 Å². The molecule has 108 heavy (non-hydrogen) atoms. The molecule has 0 radical (unpaired) electrons. The van der Waals surface area contributed by atoms with Crippen LogP contribution in [0.3, 0.4) is 0 Å². The molecular weight excluding hydrogens is 1550 g/mol. The Bertz CT molecular complexity index is 4270. The molecule has 2 unspecified atom stereocenters. The van der Waals surface area contributed by atoms with E-state index in [2.05, 4.69) is 395 Å². The SMILES string of the molecule is C.C.CC1CCCC1C(C)(C)C.C[n+]1cc2c3ccccc3c3ccccc3n2c1C(C)(C)C.C[n+]1ccccc1C(C)(C)C.C[n+]1cccn1C(C)(C)C.Cc1cc(C(C)(C)C)n(C)n1.Cc1n(C(C)(C)C)cc[n+]1C.Cc1ncn(C)c1C(C)(C)C.Cn1ccnc1C(C)(C)C.[CH-]=C[N+](C)=[C-]C(C)(C)C.[U+2]. The number of para-hydroxylation sites is 1. The molecule has 15 heteroatoms. The molecule has 0 amide bonds. The van der Waals surface area contributed by atoms with Crippen molar-refractivity contribution < 1.29 is 54.1 Å². The van der Waals surface area contributed by atoms with Crippen molar-refractivity contribution >= 4 is 33.4 Å². The molecule has 2 atom stereocenters. The fourth-order valence-electron chi connectivity index (χ4n) is 14.4. The van der Waals surface area contributed by atoms with E-state index in [4.69, 9.17) is 6.58 Å². The van der Waals surface area contributed by atoms with E-state index in [1.54, 1.807) is 4.58 Å². The second-order valence-electron chi connectivity index (χ2n) is 38.3. The second kappa shape index (κ2) is 41.0. The van der Waals surface area contributed by atoms with Crippen molar-refractivity contribution in [2.75, 3.05) is 7.05 Å². The van der Waals surface area contributed by atoms with Crippen LogP contribution in [0.4, 0.5) is 0 Å². The van der Waals surface area contributed by atoms with Gasteiger partial charge in [0.05, 0.1) is 49.0 Å². The van der Waals surface area contributed by atoms with Gasteiger partial charge in [0, 0.05) is 109 Å². The average Bonchev–Trinajstić information content (AvgIpc) is 1.54. The maximum Gasteiger partial charge on any atom is 2.00 e. The first-order chi connectivity index (χ1) is 47.8. The van der Waals surface area contributed by atoms with E-state index < -0.39 is 0 Å². The molecule has 8 aromatic heterocycles. The van der Waals surface area contributed by atoms with Crippen molar-refractivity contribution in [1.29, 1.82) is 0 Å². The monoisotopic (exact) mass is 1710 g/mol. The van der Waals surface area contributed by atoms with Crippen LogP contribution in [-0.4, -0.2) is 60.4 Å². The minimum absolute atomic E-state index is 0. The maximum absolute atomic E-state index is 5.22. The average molecular weight is 1710 g/mol. The summed E-state index contributed by atoms with van der Waals surface area (Å²) in [6.07, 6.45) is 27.4. The third-order valence-electron chi connectivity index (χ3n) is 18.6.